The van der Waals surface area contributed by atoms with Crippen molar-refractivity contribution in [1.29, 1.82) is 0 Å². The third kappa shape index (κ3) is 6.23. The number of carbonyl (C=O) groups excluding carboxylic acids is 1. The van der Waals surface area contributed by atoms with Gasteiger partial charge in [0, 0.05) is 24.8 Å². The third-order valence-electron chi connectivity index (χ3n) is 8.86. The van der Waals surface area contributed by atoms with Gasteiger partial charge in [-0.15, -0.1) is 11.3 Å². The van der Waals surface area contributed by atoms with E-state index < -0.39 is 22.9 Å². The number of rotatable bonds is 12. The molecule has 0 aliphatic carbocycles. The number of ether oxygens (including phenoxy) is 3. The van der Waals surface area contributed by atoms with Crippen LogP contribution in [0.15, 0.2) is 50.7 Å². The summed E-state index contributed by atoms with van der Waals surface area (Å²) in [5.74, 6) is 0.595. The standard InChI is InChI=1S/C33H42N4O7S/c1-7-20(3)35-31(39)33(5,8-2)37-29(38)26-21(4)27(28-34-15-18-43-28)45-30(26)36(32(37)40)19-25(44-22-13-16-42-17-14-22)23-11-9-10-12-24(23)41-6/h9-12,15,18,20,22,25H,7-8,13-14,16-17,19H2,1-6H3,(H,35,39)/t20?,25-,33?/m0/s1. The molecule has 1 N–H and O–H groups in total. The Hall–Kier alpha value is -3.74. The summed E-state index contributed by atoms with van der Waals surface area (Å²) in [6.45, 7) is 10.4. The van der Waals surface area contributed by atoms with Gasteiger partial charge in [0.05, 0.1) is 36.2 Å². The molecule has 1 amide bonds. The lowest BCUT2D eigenvalue weighted by atomic mass is 9.96. The normalized spacial score (nSPS) is 16.8. The zero-order chi connectivity index (χ0) is 32.3. The summed E-state index contributed by atoms with van der Waals surface area (Å²) in [4.78, 5) is 48.3. The van der Waals surface area contributed by atoms with Crippen LogP contribution in [0.25, 0.3) is 21.0 Å². The molecule has 0 spiro atoms. The lowest BCUT2D eigenvalue weighted by molar-refractivity contribution is -0.130. The second kappa shape index (κ2) is 13.7. The molecule has 1 aromatic carbocycles. The fraction of sp³-hybridized carbons (Fsp3) is 0.515. The van der Waals surface area contributed by atoms with E-state index in [4.69, 9.17) is 18.6 Å². The van der Waals surface area contributed by atoms with Crippen LogP contribution in [-0.2, 0) is 26.4 Å². The molecule has 242 valence electrons. The van der Waals surface area contributed by atoms with Crippen molar-refractivity contribution in [1.82, 2.24) is 19.4 Å². The van der Waals surface area contributed by atoms with Gasteiger partial charge >= 0.3 is 5.69 Å². The van der Waals surface area contributed by atoms with Crippen LogP contribution >= 0.6 is 11.3 Å². The summed E-state index contributed by atoms with van der Waals surface area (Å²) in [7, 11) is 1.60. The van der Waals surface area contributed by atoms with E-state index in [9.17, 15) is 14.4 Å². The summed E-state index contributed by atoms with van der Waals surface area (Å²) in [6.07, 6.45) is 4.66. The molecule has 3 atom stereocenters. The molecule has 1 aliphatic heterocycles. The van der Waals surface area contributed by atoms with Crippen molar-refractivity contribution < 1.29 is 23.4 Å². The van der Waals surface area contributed by atoms with Gasteiger partial charge in [-0.05, 0) is 58.1 Å². The number of hydrogen-bond acceptors (Lipinski definition) is 9. The minimum Gasteiger partial charge on any atom is -0.496 e. The minimum atomic E-state index is -1.45. The second-order valence-corrected chi connectivity index (χ2v) is 12.7. The zero-order valence-corrected chi connectivity index (χ0v) is 27.6. The molecule has 3 aromatic heterocycles. The van der Waals surface area contributed by atoms with Crippen molar-refractivity contribution in [2.24, 2.45) is 0 Å². The Morgan fingerprint density at radius 3 is 2.60 bits per heavy atom. The topological polar surface area (TPSA) is 127 Å². The molecule has 2 unspecified atom stereocenters. The number of nitrogens with one attached hydrogen (secondary N) is 1. The van der Waals surface area contributed by atoms with Gasteiger partial charge in [0.2, 0.25) is 11.8 Å². The average molecular weight is 639 g/mol. The molecule has 11 nitrogen and oxygen atoms in total. The molecule has 0 saturated carbocycles. The predicted octanol–water partition coefficient (Wildman–Crippen LogP) is 5.17. The molecule has 1 aliphatic rings. The predicted molar refractivity (Wildman–Crippen MR) is 173 cm³/mol. The van der Waals surface area contributed by atoms with Crippen molar-refractivity contribution in [3.63, 3.8) is 0 Å². The summed E-state index contributed by atoms with van der Waals surface area (Å²) in [5, 5.41) is 3.34. The lowest BCUT2D eigenvalue weighted by Gasteiger charge is -2.32. The molecule has 4 heterocycles. The first kappa shape index (κ1) is 32.6. The van der Waals surface area contributed by atoms with Gasteiger partial charge in [-0.1, -0.05) is 32.0 Å². The van der Waals surface area contributed by atoms with E-state index in [2.05, 4.69) is 10.3 Å². The number of benzene rings is 1. The van der Waals surface area contributed by atoms with Crippen molar-refractivity contribution >= 4 is 27.5 Å². The Bertz CT molecular complexity index is 1750. The van der Waals surface area contributed by atoms with E-state index in [1.807, 2.05) is 45.0 Å². The fourth-order valence-electron chi connectivity index (χ4n) is 5.74. The van der Waals surface area contributed by atoms with Crippen LogP contribution in [0.3, 0.4) is 0 Å². The van der Waals surface area contributed by atoms with Crippen LogP contribution < -0.4 is 21.3 Å². The van der Waals surface area contributed by atoms with Gasteiger partial charge in [-0.2, -0.15) is 0 Å². The number of para-hydroxylation sites is 1. The van der Waals surface area contributed by atoms with E-state index in [1.54, 1.807) is 25.5 Å². The van der Waals surface area contributed by atoms with E-state index in [0.29, 0.717) is 64.8 Å². The SMILES string of the molecule is CCC(C)NC(=O)C(C)(CC)n1c(=O)c2c(C)c(-c3ncco3)sc2n(C[C@H](OC2CCOCC2)c2ccccc2OC)c1=O. The Kier molecular flexibility index (Phi) is 9.95. The third-order valence-corrected chi connectivity index (χ3v) is 10.2. The van der Waals surface area contributed by atoms with E-state index in [0.717, 1.165) is 10.1 Å². The maximum atomic E-state index is 14.7. The zero-order valence-electron chi connectivity index (χ0n) is 26.8. The summed E-state index contributed by atoms with van der Waals surface area (Å²) < 4.78 is 26.3. The van der Waals surface area contributed by atoms with Crippen LogP contribution in [0, 0.1) is 6.92 Å². The molecule has 1 saturated heterocycles. The van der Waals surface area contributed by atoms with Crippen molar-refractivity contribution in [2.45, 2.75) is 90.6 Å². The smallest absolute Gasteiger partial charge is 0.333 e. The molecular weight excluding hydrogens is 596 g/mol. The molecule has 0 bridgehead atoms. The van der Waals surface area contributed by atoms with Gasteiger partial charge in [0.25, 0.3) is 5.56 Å². The highest BCUT2D eigenvalue weighted by atomic mass is 32.1. The first-order valence-corrected chi connectivity index (χ1v) is 16.3. The van der Waals surface area contributed by atoms with Gasteiger partial charge in [-0.25, -0.2) is 14.3 Å². The van der Waals surface area contributed by atoms with Crippen LogP contribution in [0.2, 0.25) is 0 Å². The summed E-state index contributed by atoms with van der Waals surface area (Å²) >= 11 is 1.27. The Morgan fingerprint density at radius 1 is 1.22 bits per heavy atom. The van der Waals surface area contributed by atoms with Crippen molar-refractivity contribution in [3.8, 4) is 16.5 Å². The molecule has 5 rings (SSSR count). The number of fused-ring (bicyclic) bond motifs is 1. The highest BCUT2D eigenvalue weighted by Gasteiger charge is 2.39. The lowest BCUT2D eigenvalue weighted by Crippen LogP contribution is -2.58. The van der Waals surface area contributed by atoms with E-state index in [-0.39, 0.29) is 31.0 Å². The number of amides is 1. The summed E-state index contributed by atoms with van der Waals surface area (Å²) in [6, 6.07) is 7.44. The van der Waals surface area contributed by atoms with Gasteiger partial charge in [-0.3, -0.25) is 14.2 Å². The number of hydrogen-bond donors (Lipinski definition) is 1. The molecule has 45 heavy (non-hydrogen) atoms. The fourth-order valence-corrected chi connectivity index (χ4v) is 6.98. The van der Waals surface area contributed by atoms with Gasteiger partial charge in [0.1, 0.15) is 28.5 Å². The molecule has 12 heteroatoms. The number of methoxy groups -OCH3 is 1. The highest BCUT2D eigenvalue weighted by molar-refractivity contribution is 7.22. The Labute approximate surface area is 266 Å². The number of carbonyl (C=O) groups is 1. The average Bonchev–Trinajstić information content (AvgIpc) is 3.71. The second-order valence-electron chi connectivity index (χ2n) is 11.7. The highest BCUT2D eigenvalue weighted by Crippen LogP contribution is 2.38. The monoisotopic (exact) mass is 638 g/mol. The number of aryl methyl sites for hydroxylation is 1. The molecule has 4 aromatic rings. The van der Waals surface area contributed by atoms with Crippen LogP contribution in [-0.4, -0.2) is 52.5 Å². The molecule has 1 fully saturated rings. The van der Waals surface area contributed by atoms with Gasteiger partial charge < -0.3 is 23.9 Å². The van der Waals surface area contributed by atoms with E-state index in [1.165, 1.54) is 23.8 Å². The minimum absolute atomic E-state index is 0.0745. The largest absolute Gasteiger partial charge is 0.496 e. The number of aromatic nitrogens is 3. The van der Waals surface area contributed by atoms with E-state index >= 15 is 0 Å². The van der Waals surface area contributed by atoms with Crippen molar-refractivity contribution in [2.75, 3.05) is 20.3 Å². The maximum absolute atomic E-state index is 14.7. The summed E-state index contributed by atoms with van der Waals surface area (Å²) in [5.41, 5.74) is -1.16. The Morgan fingerprint density at radius 2 is 1.96 bits per heavy atom. The number of oxazole rings is 1. The first-order chi connectivity index (χ1) is 21.6. The van der Waals surface area contributed by atoms with Crippen LogP contribution in [0.1, 0.15) is 70.6 Å². The van der Waals surface area contributed by atoms with Crippen LogP contribution in [0.5, 0.6) is 5.75 Å². The maximum Gasteiger partial charge on any atom is 0.333 e. The molecule has 0 radical (unpaired) electrons. The number of nitrogens with zero attached hydrogens (tertiary/aromatic N) is 3. The molecular formula is C33H42N4O7S. The van der Waals surface area contributed by atoms with Gasteiger partial charge in [0.15, 0.2) is 0 Å². The Balaban J connectivity index is 1.76. The quantitative estimate of drug-likeness (QED) is 0.225. The first-order valence-electron chi connectivity index (χ1n) is 15.5. The van der Waals surface area contributed by atoms with Crippen molar-refractivity contribution in [3.05, 3.63) is 68.7 Å². The number of thiophene rings is 1. The van der Waals surface area contributed by atoms with Crippen LogP contribution in [0.4, 0.5) is 0 Å².